The Morgan fingerprint density at radius 2 is 2.36 bits per heavy atom. The summed E-state index contributed by atoms with van der Waals surface area (Å²) in [6.45, 7) is 8.01. The second-order valence-corrected chi connectivity index (χ2v) is 3.05. The summed E-state index contributed by atoms with van der Waals surface area (Å²) >= 11 is 0. The first-order valence-corrected chi connectivity index (χ1v) is 4.42. The van der Waals surface area contributed by atoms with Crippen LogP contribution in [0.4, 0.5) is 5.69 Å². The van der Waals surface area contributed by atoms with Crippen LogP contribution in [0, 0.1) is 25.2 Å². The molecule has 1 rings (SSSR count). The van der Waals surface area contributed by atoms with Crippen molar-refractivity contribution in [2.45, 2.75) is 13.8 Å². The molecule has 0 fully saturated rings. The zero-order valence-electron chi connectivity index (χ0n) is 8.46. The first-order chi connectivity index (χ1) is 6.69. The Kier molecular flexibility index (Phi) is 3.24. The van der Waals surface area contributed by atoms with Crippen LogP contribution in [0.3, 0.4) is 0 Å². The molecule has 0 aliphatic heterocycles. The molecule has 0 saturated heterocycles. The largest absolute Gasteiger partial charge is 0.380 e. The van der Waals surface area contributed by atoms with E-state index in [2.05, 4.69) is 22.9 Å². The van der Waals surface area contributed by atoms with Crippen molar-refractivity contribution < 1.29 is 0 Å². The maximum atomic E-state index is 8.93. The Bertz CT molecular complexity index is 388. The van der Waals surface area contributed by atoms with Crippen LogP contribution >= 0.6 is 0 Å². The van der Waals surface area contributed by atoms with Gasteiger partial charge in [-0.2, -0.15) is 5.26 Å². The smallest absolute Gasteiger partial charge is 0.103 e. The highest BCUT2D eigenvalue weighted by Gasteiger charge is 2.06. The van der Waals surface area contributed by atoms with E-state index in [0.29, 0.717) is 12.1 Å². The third-order valence-corrected chi connectivity index (χ3v) is 1.88. The van der Waals surface area contributed by atoms with Gasteiger partial charge in [-0.1, -0.05) is 6.08 Å². The van der Waals surface area contributed by atoms with Gasteiger partial charge in [0.15, 0.2) is 0 Å². The van der Waals surface area contributed by atoms with Crippen molar-refractivity contribution in [2.75, 3.05) is 11.9 Å². The Labute approximate surface area is 84.1 Å². The summed E-state index contributed by atoms with van der Waals surface area (Å²) in [4.78, 5) is 4.22. The van der Waals surface area contributed by atoms with Gasteiger partial charge < -0.3 is 5.32 Å². The second kappa shape index (κ2) is 4.43. The predicted octanol–water partition coefficient (Wildman–Crippen LogP) is 2.17. The maximum absolute atomic E-state index is 8.93. The third-order valence-electron chi connectivity index (χ3n) is 1.88. The molecule has 0 atom stereocenters. The van der Waals surface area contributed by atoms with Gasteiger partial charge in [-0.3, -0.25) is 4.98 Å². The van der Waals surface area contributed by atoms with Gasteiger partial charge in [-0.15, -0.1) is 6.58 Å². The number of nitriles is 1. The Balaban J connectivity index is 3.12. The fourth-order valence-electron chi connectivity index (χ4n) is 1.29. The van der Waals surface area contributed by atoms with E-state index in [1.807, 2.05) is 19.9 Å². The first kappa shape index (κ1) is 10.3. The molecule has 0 radical (unpaired) electrons. The molecule has 3 heteroatoms. The normalized spacial score (nSPS) is 9.21. The summed E-state index contributed by atoms with van der Waals surface area (Å²) in [6, 6.07) is 4.01. The number of hydrogen-bond acceptors (Lipinski definition) is 3. The van der Waals surface area contributed by atoms with Crippen LogP contribution < -0.4 is 5.32 Å². The average molecular weight is 187 g/mol. The number of nitrogens with zero attached hydrogens (tertiary/aromatic N) is 2. The third kappa shape index (κ3) is 2.11. The van der Waals surface area contributed by atoms with E-state index in [0.717, 1.165) is 17.1 Å². The molecule has 0 amide bonds. The van der Waals surface area contributed by atoms with Crippen LogP contribution in [0.15, 0.2) is 18.7 Å². The molecule has 1 heterocycles. The van der Waals surface area contributed by atoms with Crippen molar-refractivity contribution in [2.24, 2.45) is 0 Å². The van der Waals surface area contributed by atoms with Gasteiger partial charge in [0, 0.05) is 12.2 Å². The SMILES string of the molecule is C=CCNc1cc(C)nc(C)c1C#N. The molecule has 14 heavy (non-hydrogen) atoms. The van der Waals surface area contributed by atoms with Crippen LogP contribution in [0.2, 0.25) is 0 Å². The highest BCUT2D eigenvalue weighted by atomic mass is 14.9. The lowest BCUT2D eigenvalue weighted by molar-refractivity contribution is 1.10. The lowest BCUT2D eigenvalue weighted by Crippen LogP contribution is -2.03. The molecule has 1 aromatic heterocycles. The van der Waals surface area contributed by atoms with Crippen LogP contribution in [0.5, 0.6) is 0 Å². The molecule has 0 spiro atoms. The molecule has 0 aliphatic carbocycles. The number of aryl methyl sites for hydroxylation is 2. The Hall–Kier alpha value is -1.82. The van der Waals surface area contributed by atoms with Crippen LogP contribution in [0.1, 0.15) is 17.0 Å². The van der Waals surface area contributed by atoms with Gasteiger partial charge >= 0.3 is 0 Å². The van der Waals surface area contributed by atoms with E-state index in [4.69, 9.17) is 5.26 Å². The van der Waals surface area contributed by atoms with E-state index in [1.54, 1.807) is 6.08 Å². The molecular weight excluding hydrogens is 174 g/mol. The fraction of sp³-hybridized carbons (Fsp3) is 0.273. The van der Waals surface area contributed by atoms with E-state index in [-0.39, 0.29) is 0 Å². The van der Waals surface area contributed by atoms with Crippen LogP contribution in [-0.4, -0.2) is 11.5 Å². The number of hydrogen-bond donors (Lipinski definition) is 1. The highest BCUT2D eigenvalue weighted by molar-refractivity contribution is 5.59. The van der Waals surface area contributed by atoms with Crippen LogP contribution in [0.25, 0.3) is 0 Å². The molecule has 0 aliphatic rings. The summed E-state index contributed by atoms with van der Waals surface area (Å²) in [7, 11) is 0. The summed E-state index contributed by atoms with van der Waals surface area (Å²) in [5, 5.41) is 12.0. The zero-order chi connectivity index (χ0) is 10.6. The van der Waals surface area contributed by atoms with Crippen LogP contribution in [-0.2, 0) is 0 Å². The number of anilines is 1. The van der Waals surface area contributed by atoms with E-state index < -0.39 is 0 Å². The van der Waals surface area contributed by atoms with E-state index >= 15 is 0 Å². The van der Waals surface area contributed by atoms with Gasteiger partial charge in [0.2, 0.25) is 0 Å². The number of aromatic nitrogens is 1. The van der Waals surface area contributed by atoms with Gasteiger partial charge in [0.1, 0.15) is 6.07 Å². The summed E-state index contributed by atoms with van der Waals surface area (Å²) < 4.78 is 0. The minimum atomic E-state index is 0.609. The lowest BCUT2D eigenvalue weighted by Gasteiger charge is -2.08. The van der Waals surface area contributed by atoms with Crippen molar-refractivity contribution in [1.82, 2.24) is 4.98 Å². The minimum Gasteiger partial charge on any atom is -0.380 e. The number of nitrogens with one attached hydrogen (secondary N) is 1. The maximum Gasteiger partial charge on any atom is 0.103 e. The molecular formula is C11H13N3. The molecule has 72 valence electrons. The second-order valence-electron chi connectivity index (χ2n) is 3.05. The van der Waals surface area contributed by atoms with Crippen molar-refractivity contribution in [3.8, 4) is 6.07 Å². The quantitative estimate of drug-likeness (QED) is 0.738. The van der Waals surface area contributed by atoms with Crippen molar-refractivity contribution >= 4 is 5.69 Å². The lowest BCUT2D eigenvalue weighted by atomic mass is 10.1. The highest BCUT2D eigenvalue weighted by Crippen LogP contribution is 2.18. The predicted molar refractivity (Wildman–Crippen MR) is 57.1 cm³/mol. The van der Waals surface area contributed by atoms with Gasteiger partial charge in [0.25, 0.3) is 0 Å². The Morgan fingerprint density at radius 3 is 2.93 bits per heavy atom. The summed E-state index contributed by atoms with van der Waals surface area (Å²) in [5.41, 5.74) is 3.11. The van der Waals surface area contributed by atoms with Gasteiger partial charge in [-0.25, -0.2) is 0 Å². The fourth-order valence-corrected chi connectivity index (χ4v) is 1.29. The molecule has 0 bridgehead atoms. The minimum absolute atomic E-state index is 0.609. The average Bonchev–Trinajstić information content (AvgIpc) is 2.14. The van der Waals surface area contributed by atoms with Crippen molar-refractivity contribution in [3.05, 3.63) is 35.7 Å². The van der Waals surface area contributed by atoms with Crippen molar-refractivity contribution in [3.63, 3.8) is 0 Å². The summed E-state index contributed by atoms with van der Waals surface area (Å²) in [5.74, 6) is 0. The molecule has 0 saturated carbocycles. The van der Waals surface area contributed by atoms with E-state index in [9.17, 15) is 0 Å². The van der Waals surface area contributed by atoms with Gasteiger partial charge in [-0.05, 0) is 19.9 Å². The van der Waals surface area contributed by atoms with Gasteiger partial charge in [0.05, 0.1) is 16.9 Å². The Morgan fingerprint density at radius 1 is 1.64 bits per heavy atom. The first-order valence-electron chi connectivity index (χ1n) is 4.42. The van der Waals surface area contributed by atoms with E-state index in [1.165, 1.54) is 0 Å². The van der Waals surface area contributed by atoms with Crippen molar-refractivity contribution in [1.29, 1.82) is 5.26 Å². The molecule has 3 nitrogen and oxygen atoms in total. The topological polar surface area (TPSA) is 48.7 Å². The molecule has 1 N–H and O–H groups in total. The monoisotopic (exact) mass is 187 g/mol. The molecule has 0 unspecified atom stereocenters. The number of pyridine rings is 1. The summed E-state index contributed by atoms with van der Waals surface area (Å²) in [6.07, 6.45) is 1.76. The molecule has 0 aromatic carbocycles. The number of rotatable bonds is 3. The zero-order valence-corrected chi connectivity index (χ0v) is 8.46. The molecule has 1 aromatic rings. The standard InChI is InChI=1S/C11H13N3/c1-4-5-13-11-6-8(2)14-9(3)10(11)7-12/h4,6H,1,5H2,2-3H3,(H,13,14).